The maximum absolute atomic E-state index is 13.4. The summed E-state index contributed by atoms with van der Waals surface area (Å²) in [6, 6.07) is 4.49. The van der Waals surface area contributed by atoms with Gasteiger partial charge in [-0.1, -0.05) is 6.07 Å². The number of halogens is 1. The highest BCUT2D eigenvalue weighted by atomic mass is 19.1. The third-order valence-electron chi connectivity index (χ3n) is 3.00. The average Bonchev–Trinajstić information content (AvgIpc) is 2.79. The summed E-state index contributed by atoms with van der Waals surface area (Å²) in [6.07, 6.45) is 0.584. The summed E-state index contributed by atoms with van der Waals surface area (Å²) in [7, 11) is 1.52. The second-order valence-corrected chi connectivity index (χ2v) is 4.38. The molecule has 2 rings (SSSR count). The second-order valence-electron chi connectivity index (χ2n) is 4.38. The van der Waals surface area contributed by atoms with E-state index in [4.69, 9.17) is 4.74 Å². The lowest BCUT2D eigenvalue weighted by atomic mass is 10.0. The van der Waals surface area contributed by atoms with E-state index in [2.05, 4.69) is 5.10 Å². The number of aryl methyl sites for hydroxylation is 2. The summed E-state index contributed by atoms with van der Waals surface area (Å²) in [6.45, 7) is 4.30. The van der Waals surface area contributed by atoms with E-state index in [0.717, 1.165) is 5.56 Å². The molecule has 0 aliphatic rings. The number of benzene rings is 1. The fourth-order valence-electron chi connectivity index (χ4n) is 2.14. The SMILES string of the molecule is CCn1ncc(OC)c1C(O)c1cc(C)cc(F)c1. The van der Waals surface area contributed by atoms with Crippen molar-refractivity contribution in [2.45, 2.75) is 26.5 Å². The van der Waals surface area contributed by atoms with Gasteiger partial charge in [0.05, 0.1) is 13.3 Å². The van der Waals surface area contributed by atoms with Crippen LogP contribution in [0.3, 0.4) is 0 Å². The molecular formula is C14H17FN2O2. The molecule has 2 aromatic rings. The van der Waals surface area contributed by atoms with Crippen molar-refractivity contribution in [2.75, 3.05) is 7.11 Å². The monoisotopic (exact) mass is 264 g/mol. The molecule has 1 aromatic carbocycles. The van der Waals surface area contributed by atoms with Crippen LogP contribution in [0.1, 0.15) is 29.8 Å². The lowest BCUT2D eigenvalue weighted by Gasteiger charge is -2.15. The van der Waals surface area contributed by atoms with Gasteiger partial charge in [-0.25, -0.2) is 4.39 Å². The minimum atomic E-state index is -0.966. The standard InChI is InChI=1S/C14H17FN2O2/c1-4-17-13(12(19-3)8-16-17)14(18)10-5-9(2)6-11(15)7-10/h5-8,14,18H,4H2,1-3H3. The van der Waals surface area contributed by atoms with Crippen LogP contribution in [0.25, 0.3) is 0 Å². The van der Waals surface area contributed by atoms with Crippen LogP contribution >= 0.6 is 0 Å². The number of nitrogens with zero attached hydrogens (tertiary/aromatic N) is 2. The highest BCUT2D eigenvalue weighted by Crippen LogP contribution is 2.30. The van der Waals surface area contributed by atoms with Gasteiger partial charge < -0.3 is 9.84 Å². The Labute approximate surface area is 111 Å². The molecule has 0 spiro atoms. The van der Waals surface area contributed by atoms with Gasteiger partial charge in [0.1, 0.15) is 17.6 Å². The molecule has 1 atom stereocenters. The Morgan fingerprint density at radius 3 is 2.74 bits per heavy atom. The van der Waals surface area contributed by atoms with Gasteiger partial charge in [-0.3, -0.25) is 4.68 Å². The lowest BCUT2D eigenvalue weighted by molar-refractivity contribution is 0.202. The molecule has 0 aliphatic heterocycles. The Morgan fingerprint density at radius 1 is 1.42 bits per heavy atom. The first kappa shape index (κ1) is 13.5. The number of hydrogen-bond donors (Lipinski definition) is 1. The molecule has 4 nitrogen and oxygen atoms in total. The minimum Gasteiger partial charge on any atom is -0.493 e. The van der Waals surface area contributed by atoms with E-state index in [0.29, 0.717) is 23.6 Å². The number of ether oxygens (including phenoxy) is 1. The first-order valence-electron chi connectivity index (χ1n) is 6.11. The quantitative estimate of drug-likeness (QED) is 0.922. The Balaban J connectivity index is 2.48. The van der Waals surface area contributed by atoms with Crippen molar-refractivity contribution in [2.24, 2.45) is 0 Å². The zero-order valence-electron chi connectivity index (χ0n) is 11.2. The molecule has 1 unspecified atom stereocenters. The normalized spacial score (nSPS) is 12.5. The van der Waals surface area contributed by atoms with Gasteiger partial charge in [-0.15, -0.1) is 0 Å². The maximum atomic E-state index is 13.4. The number of methoxy groups -OCH3 is 1. The van der Waals surface area contributed by atoms with Gasteiger partial charge in [0, 0.05) is 6.54 Å². The molecule has 0 bridgehead atoms. The van der Waals surface area contributed by atoms with Crippen molar-refractivity contribution in [3.05, 3.63) is 47.0 Å². The molecule has 19 heavy (non-hydrogen) atoms. The molecule has 0 fully saturated rings. The first-order valence-corrected chi connectivity index (χ1v) is 6.11. The number of hydrogen-bond acceptors (Lipinski definition) is 3. The number of rotatable bonds is 4. The van der Waals surface area contributed by atoms with Crippen LogP contribution in [-0.2, 0) is 6.54 Å². The Bertz CT molecular complexity index is 539. The molecule has 0 aliphatic carbocycles. The maximum Gasteiger partial charge on any atom is 0.163 e. The van der Waals surface area contributed by atoms with Crippen molar-refractivity contribution >= 4 is 0 Å². The fraction of sp³-hybridized carbons (Fsp3) is 0.357. The van der Waals surface area contributed by atoms with Crippen LogP contribution in [0, 0.1) is 12.7 Å². The summed E-state index contributed by atoms with van der Waals surface area (Å²) in [5, 5.41) is 14.6. The van der Waals surface area contributed by atoms with Gasteiger partial charge in [0.2, 0.25) is 0 Å². The summed E-state index contributed by atoms with van der Waals surface area (Å²) < 4.78 is 20.3. The third kappa shape index (κ3) is 2.61. The van der Waals surface area contributed by atoms with Gasteiger partial charge in [0.15, 0.2) is 5.75 Å². The van der Waals surface area contributed by atoms with Crippen molar-refractivity contribution in [3.63, 3.8) is 0 Å². The molecular weight excluding hydrogens is 247 g/mol. The van der Waals surface area contributed by atoms with Gasteiger partial charge in [-0.2, -0.15) is 5.10 Å². The lowest BCUT2D eigenvalue weighted by Crippen LogP contribution is -2.10. The highest BCUT2D eigenvalue weighted by molar-refractivity contribution is 5.36. The average molecular weight is 264 g/mol. The second kappa shape index (κ2) is 5.40. The molecule has 1 aromatic heterocycles. The summed E-state index contributed by atoms with van der Waals surface area (Å²) in [4.78, 5) is 0. The van der Waals surface area contributed by atoms with Crippen LogP contribution in [0.4, 0.5) is 4.39 Å². The highest BCUT2D eigenvalue weighted by Gasteiger charge is 2.21. The number of aromatic nitrogens is 2. The fourth-order valence-corrected chi connectivity index (χ4v) is 2.14. The predicted octanol–water partition coefficient (Wildman–Crippen LogP) is 2.44. The molecule has 0 amide bonds. The minimum absolute atomic E-state index is 0.365. The van der Waals surface area contributed by atoms with Crippen molar-refractivity contribution in [1.29, 1.82) is 0 Å². The van der Waals surface area contributed by atoms with Crippen LogP contribution in [0.2, 0.25) is 0 Å². The van der Waals surface area contributed by atoms with Crippen molar-refractivity contribution in [3.8, 4) is 5.75 Å². The van der Waals surface area contributed by atoms with Gasteiger partial charge in [0.25, 0.3) is 0 Å². The molecule has 5 heteroatoms. The van der Waals surface area contributed by atoms with Crippen LogP contribution < -0.4 is 4.74 Å². The van der Waals surface area contributed by atoms with E-state index in [1.165, 1.54) is 19.2 Å². The molecule has 102 valence electrons. The van der Waals surface area contributed by atoms with E-state index in [-0.39, 0.29) is 5.82 Å². The Hall–Kier alpha value is -1.88. The molecule has 0 radical (unpaired) electrons. The zero-order valence-corrected chi connectivity index (χ0v) is 11.2. The Morgan fingerprint density at radius 2 is 2.16 bits per heavy atom. The van der Waals surface area contributed by atoms with Gasteiger partial charge in [-0.05, 0) is 37.1 Å². The van der Waals surface area contributed by atoms with E-state index >= 15 is 0 Å². The van der Waals surface area contributed by atoms with Crippen LogP contribution in [0.5, 0.6) is 5.75 Å². The smallest absolute Gasteiger partial charge is 0.163 e. The summed E-state index contributed by atoms with van der Waals surface area (Å²) in [5.41, 5.74) is 1.79. The van der Waals surface area contributed by atoms with E-state index in [1.54, 1.807) is 23.9 Å². The number of aliphatic hydroxyl groups is 1. The first-order chi connectivity index (χ1) is 9.06. The Kier molecular flexibility index (Phi) is 3.85. The van der Waals surface area contributed by atoms with Gasteiger partial charge >= 0.3 is 0 Å². The molecule has 0 saturated heterocycles. The zero-order chi connectivity index (χ0) is 14.0. The van der Waals surface area contributed by atoms with E-state index < -0.39 is 6.10 Å². The van der Waals surface area contributed by atoms with Crippen LogP contribution in [-0.4, -0.2) is 22.0 Å². The number of aliphatic hydroxyl groups excluding tert-OH is 1. The van der Waals surface area contributed by atoms with Crippen LogP contribution in [0.15, 0.2) is 24.4 Å². The topological polar surface area (TPSA) is 47.3 Å². The third-order valence-corrected chi connectivity index (χ3v) is 3.00. The largest absolute Gasteiger partial charge is 0.493 e. The summed E-state index contributed by atoms with van der Waals surface area (Å²) >= 11 is 0. The molecule has 1 heterocycles. The molecule has 1 N–H and O–H groups in total. The molecule has 0 saturated carbocycles. The summed E-state index contributed by atoms with van der Waals surface area (Å²) in [5.74, 6) is 0.131. The predicted molar refractivity (Wildman–Crippen MR) is 69.7 cm³/mol. The van der Waals surface area contributed by atoms with E-state index in [1.807, 2.05) is 6.92 Å². The van der Waals surface area contributed by atoms with Crippen molar-refractivity contribution < 1.29 is 14.2 Å². The van der Waals surface area contributed by atoms with Crippen molar-refractivity contribution in [1.82, 2.24) is 9.78 Å². The van der Waals surface area contributed by atoms with E-state index in [9.17, 15) is 9.50 Å².